The van der Waals surface area contributed by atoms with Gasteiger partial charge in [-0.25, -0.2) is 4.74 Å². The lowest BCUT2D eigenvalue weighted by Gasteiger charge is -2.26. The van der Waals surface area contributed by atoms with Gasteiger partial charge in [-0.15, -0.1) is 0 Å². The Balaban J connectivity index is 2.08. The highest BCUT2D eigenvalue weighted by molar-refractivity contribution is 7.87. The third-order valence-corrected chi connectivity index (χ3v) is 8.92. The van der Waals surface area contributed by atoms with Crippen LogP contribution in [0, 0.1) is 0 Å². The summed E-state index contributed by atoms with van der Waals surface area (Å²) in [5, 5.41) is 3.38. The van der Waals surface area contributed by atoms with Gasteiger partial charge in [0.25, 0.3) is 5.95 Å². The fourth-order valence-corrected chi connectivity index (χ4v) is 7.16. The van der Waals surface area contributed by atoms with Crippen LogP contribution in [0.25, 0.3) is 0 Å². The molecule has 7 heteroatoms. The Kier molecular flexibility index (Phi) is 6.62. The molecule has 3 aromatic carbocycles. The van der Waals surface area contributed by atoms with E-state index in [0.29, 0.717) is 11.9 Å². The van der Waals surface area contributed by atoms with Crippen LogP contribution in [0.15, 0.2) is 95.7 Å². The van der Waals surface area contributed by atoms with E-state index in [-0.39, 0.29) is 5.95 Å². The average molecular weight is 443 g/mol. The molecule has 0 spiro atoms. The maximum atomic E-state index is 6.10. The van der Waals surface area contributed by atoms with Crippen molar-refractivity contribution in [2.45, 2.75) is 13.8 Å². The Morgan fingerprint density at radius 1 is 0.688 bits per heavy atom. The van der Waals surface area contributed by atoms with Gasteiger partial charge < -0.3 is 10.6 Å². The predicted molar refractivity (Wildman–Crippen MR) is 135 cm³/mol. The SMILES string of the molecule is CCN(CC)c1nc(N)nc(N=P(c2ccccc2)(c2ccccc2)c2ccccc2)n1. The van der Waals surface area contributed by atoms with E-state index in [9.17, 15) is 0 Å². The van der Waals surface area contributed by atoms with E-state index in [1.165, 1.54) is 0 Å². The molecule has 1 heterocycles. The van der Waals surface area contributed by atoms with Crippen molar-refractivity contribution in [2.24, 2.45) is 4.74 Å². The molecular formula is C25H27N6P. The fourth-order valence-electron chi connectivity index (χ4n) is 3.75. The van der Waals surface area contributed by atoms with Crippen LogP contribution in [0.5, 0.6) is 0 Å². The highest BCUT2D eigenvalue weighted by atomic mass is 31.2. The van der Waals surface area contributed by atoms with E-state index in [4.69, 9.17) is 15.5 Å². The number of hydrogen-bond donors (Lipinski definition) is 1. The molecule has 0 aliphatic rings. The first-order valence-electron chi connectivity index (χ1n) is 10.7. The number of anilines is 2. The zero-order valence-electron chi connectivity index (χ0n) is 18.3. The normalized spacial score (nSPS) is 11.2. The molecule has 0 radical (unpaired) electrons. The van der Waals surface area contributed by atoms with Crippen molar-refractivity contribution in [1.29, 1.82) is 0 Å². The van der Waals surface area contributed by atoms with Gasteiger partial charge in [0, 0.05) is 29.0 Å². The lowest BCUT2D eigenvalue weighted by Crippen LogP contribution is -2.26. The second-order valence-corrected chi connectivity index (χ2v) is 10.2. The molecule has 0 atom stereocenters. The number of nitrogen functional groups attached to an aromatic ring is 1. The minimum Gasteiger partial charge on any atom is -0.368 e. The number of nitrogens with two attached hydrogens (primary N) is 1. The Morgan fingerprint density at radius 3 is 1.53 bits per heavy atom. The average Bonchev–Trinajstić information content (AvgIpc) is 2.85. The molecule has 0 saturated heterocycles. The van der Waals surface area contributed by atoms with Gasteiger partial charge in [0.2, 0.25) is 11.9 Å². The van der Waals surface area contributed by atoms with Gasteiger partial charge in [-0.3, -0.25) is 0 Å². The third-order valence-electron chi connectivity index (χ3n) is 5.30. The maximum absolute atomic E-state index is 6.10. The smallest absolute Gasteiger partial charge is 0.255 e. The second-order valence-electron chi connectivity index (χ2n) is 7.21. The number of hydrogen-bond acceptors (Lipinski definition) is 6. The maximum Gasteiger partial charge on any atom is 0.255 e. The number of benzene rings is 3. The largest absolute Gasteiger partial charge is 0.368 e. The summed E-state index contributed by atoms with van der Waals surface area (Å²) in [5.74, 6) is 1.07. The van der Waals surface area contributed by atoms with Gasteiger partial charge in [0.1, 0.15) is 0 Å². The molecule has 4 rings (SSSR count). The third kappa shape index (κ3) is 4.27. The van der Waals surface area contributed by atoms with Gasteiger partial charge in [-0.1, -0.05) is 91.0 Å². The van der Waals surface area contributed by atoms with Crippen molar-refractivity contribution in [1.82, 2.24) is 15.0 Å². The van der Waals surface area contributed by atoms with Crippen molar-refractivity contribution in [2.75, 3.05) is 23.7 Å². The molecular weight excluding hydrogens is 415 g/mol. The number of aromatic nitrogens is 3. The van der Waals surface area contributed by atoms with Gasteiger partial charge in [-0.05, 0) is 13.8 Å². The molecule has 0 saturated carbocycles. The molecule has 32 heavy (non-hydrogen) atoms. The first kappa shape index (κ1) is 21.7. The Hall–Kier alpha value is -3.50. The van der Waals surface area contributed by atoms with E-state index in [0.717, 1.165) is 29.0 Å². The Labute approximate surface area is 189 Å². The van der Waals surface area contributed by atoms with E-state index in [2.05, 4.69) is 96.6 Å². The van der Waals surface area contributed by atoms with Crippen molar-refractivity contribution in [3.05, 3.63) is 91.0 Å². The molecule has 0 aliphatic carbocycles. The minimum atomic E-state index is -2.46. The van der Waals surface area contributed by atoms with Crippen LogP contribution < -0.4 is 26.5 Å². The van der Waals surface area contributed by atoms with Gasteiger partial charge in [0.15, 0.2) is 0 Å². The molecule has 4 aromatic rings. The fraction of sp³-hybridized carbons (Fsp3) is 0.160. The molecule has 0 aliphatic heterocycles. The predicted octanol–water partition coefficient (Wildman–Crippen LogP) is 4.11. The van der Waals surface area contributed by atoms with Crippen LogP contribution >= 0.6 is 7.05 Å². The number of rotatable bonds is 7. The quantitative estimate of drug-likeness (QED) is 0.436. The molecule has 0 fully saturated rings. The van der Waals surface area contributed by atoms with Crippen molar-refractivity contribution >= 4 is 40.8 Å². The summed E-state index contributed by atoms with van der Waals surface area (Å²) in [6.07, 6.45) is 0. The zero-order chi connectivity index (χ0) is 22.4. The van der Waals surface area contributed by atoms with Crippen LogP contribution in [0.4, 0.5) is 17.8 Å². The standard InChI is InChI=1S/C25H27N6P/c1-3-31(4-2)25-28-23(26)27-24(29-25)30-32(20-14-8-5-9-15-20,21-16-10-6-11-17-21)22-18-12-7-13-19-22/h5-19H,3-4H2,1-2H3,(H2,26,27,28,29). The first-order chi connectivity index (χ1) is 15.7. The van der Waals surface area contributed by atoms with Crippen LogP contribution in [0.1, 0.15) is 13.8 Å². The summed E-state index contributed by atoms with van der Waals surface area (Å²) in [6, 6.07) is 31.2. The Bertz CT molecular complexity index is 1110. The summed E-state index contributed by atoms with van der Waals surface area (Å²) < 4.78 is 5.32. The molecule has 2 N–H and O–H groups in total. The summed E-state index contributed by atoms with van der Waals surface area (Å²) in [6.45, 7) is 5.68. The topological polar surface area (TPSA) is 80.3 Å². The van der Waals surface area contributed by atoms with Crippen LogP contribution in [-0.2, 0) is 0 Å². The highest BCUT2D eigenvalue weighted by Gasteiger charge is 2.28. The van der Waals surface area contributed by atoms with E-state index < -0.39 is 7.05 Å². The lowest BCUT2D eigenvalue weighted by molar-refractivity contribution is 0.815. The Morgan fingerprint density at radius 2 is 1.12 bits per heavy atom. The first-order valence-corrected chi connectivity index (χ1v) is 12.5. The van der Waals surface area contributed by atoms with Gasteiger partial charge >= 0.3 is 0 Å². The summed E-state index contributed by atoms with van der Waals surface area (Å²) in [7, 11) is -2.46. The molecule has 6 nitrogen and oxygen atoms in total. The summed E-state index contributed by atoms with van der Waals surface area (Å²) in [5.41, 5.74) is 6.10. The van der Waals surface area contributed by atoms with Crippen molar-refractivity contribution in [3.63, 3.8) is 0 Å². The van der Waals surface area contributed by atoms with E-state index in [1.54, 1.807) is 0 Å². The minimum absolute atomic E-state index is 0.174. The van der Waals surface area contributed by atoms with Crippen LogP contribution in [0.3, 0.4) is 0 Å². The summed E-state index contributed by atoms with van der Waals surface area (Å²) >= 11 is 0. The monoisotopic (exact) mass is 442 g/mol. The van der Waals surface area contributed by atoms with Crippen molar-refractivity contribution < 1.29 is 0 Å². The molecule has 0 bridgehead atoms. The second kappa shape index (κ2) is 9.75. The molecule has 0 amide bonds. The number of nitrogens with zero attached hydrogens (tertiary/aromatic N) is 5. The van der Waals surface area contributed by atoms with Gasteiger partial charge in [-0.2, -0.15) is 15.0 Å². The van der Waals surface area contributed by atoms with Crippen LogP contribution in [-0.4, -0.2) is 28.0 Å². The molecule has 1 aromatic heterocycles. The van der Waals surface area contributed by atoms with Gasteiger partial charge in [0.05, 0.1) is 7.05 Å². The van der Waals surface area contributed by atoms with E-state index in [1.807, 2.05) is 23.1 Å². The lowest BCUT2D eigenvalue weighted by atomic mass is 10.4. The van der Waals surface area contributed by atoms with E-state index >= 15 is 0 Å². The summed E-state index contributed by atoms with van der Waals surface area (Å²) in [4.78, 5) is 15.6. The zero-order valence-corrected chi connectivity index (χ0v) is 19.2. The molecule has 0 unspecified atom stereocenters. The van der Waals surface area contributed by atoms with Crippen molar-refractivity contribution in [3.8, 4) is 0 Å². The highest BCUT2D eigenvalue weighted by Crippen LogP contribution is 2.48. The van der Waals surface area contributed by atoms with Crippen LogP contribution in [0.2, 0.25) is 0 Å². The molecule has 162 valence electrons.